The summed E-state index contributed by atoms with van der Waals surface area (Å²) in [6.07, 6.45) is 1.66. The molecule has 4 heterocycles. The first kappa shape index (κ1) is 17.5. The van der Waals surface area contributed by atoms with Crippen LogP contribution in [-0.2, 0) is 4.74 Å². The van der Waals surface area contributed by atoms with E-state index in [2.05, 4.69) is 41.8 Å². The minimum absolute atomic E-state index is 0.485. The van der Waals surface area contributed by atoms with Gasteiger partial charge in [0.25, 0.3) is 0 Å². The highest BCUT2D eigenvalue weighted by molar-refractivity contribution is 5.58. The highest BCUT2D eigenvalue weighted by atomic mass is 16.5. The molecule has 0 aliphatic carbocycles. The van der Waals surface area contributed by atoms with Crippen molar-refractivity contribution < 1.29 is 4.74 Å². The van der Waals surface area contributed by atoms with Crippen molar-refractivity contribution in [2.24, 2.45) is 0 Å². The molecule has 8 heteroatoms. The normalized spacial score (nSPS) is 17.7. The SMILES string of the molecule is Cc1nc(N2CCOCC2)cc(N2CCN(c3cccnc3C#N)CC2)n1. The molecule has 0 radical (unpaired) electrons. The highest BCUT2D eigenvalue weighted by Crippen LogP contribution is 2.24. The van der Waals surface area contributed by atoms with Gasteiger partial charge in [0.05, 0.1) is 18.9 Å². The first-order chi connectivity index (χ1) is 13.2. The van der Waals surface area contributed by atoms with E-state index in [9.17, 15) is 5.26 Å². The van der Waals surface area contributed by atoms with Gasteiger partial charge < -0.3 is 19.4 Å². The number of piperazine rings is 1. The molecule has 140 valence electrons. The molecule has 2 aromatic heterocycles. The Balaban J connectivity index is 1.48. The van der Waals surface area contributed by atoms with E-state index in [1.807, 2.05) is 19.1 Å². The third-order valence-corrected chi connectivity index (χ3v) is 4.98. The quantitative estimate of drug-likeness (QED) is 0.803. The lowest BCUT2D eigenvalue weighted by Crippen LogP contribution is -2.47. The summed E-state index contributed by atoms with van der Waals surface area (Å²) in [5, 5.41) is 9.28. The first-order valence-electron chi connectivity index (χ1n) is 9.28. The molecule has 0 saturated carbocycles. The molecule has 0 atom stereocenters. The number of aromatic nitrogens is 3. The minimum Gasteiger partial charge on any atom is -0.378 e. The molecule has 2 aromatic rings. The van der Waals surface area contributed by atoms with E-state index < -0.39 is 0 Å². The summed E-state index contributed by atoms with van der Waals surface area (Å²) in [6.45, 7) is 8.50. The van der Waals surface area contributed by atoms with Crippen LogP contribution in [-0.4, -0.2) is 67.4 Å². The fourth-order valence-electron chi connectivity index (χ4n) is 3.57. The number of aryl methyl sites for hydroxylation is 1. The van der Waals surface area contributed by atoms with Gasteiger partial charge in [-0.3, -0.25) is 0 Å². The molecule has 2 fully saturated rings. The second-order valence-electron chi connectivity index (χ2n) is 6.69. The van der Waals surface area contributed by atoms with E-state index in [1.165, 1.54) is 0 Å². The average Bonchev–Trinajstić information content (AvgIpc) is 2.74. The molecule has 2 aliphatic heterocycles. The number of nitriles is 1. The summed E-state index contributed by atoms with van der Waals surface area (Å²) in [7, 11) is 0. The van der Waals surface area contributed by atoms with Gasteiger partial charge in [0.15, 0.2) is 5.69 Å². The Bertz CT molecular complexity index is 836. The maximum Gasteiger partial charge on any atom is 0.163 e. The molecule has 4 rings (SSSR count). The van der Waals surface area contributed by atoms with E-state index >= 15 is 0 Å². The van der Waals surface area contributed by atoms with Crippen molar-refractivity contribution in [3.63, 3.8) is 0 Å². The average molecular weight is 365 g/mol. The summed E-state index contributed by atoms with van der Waals surface area (Å²) in [6, 6.07) is 8.11. The Hall–Kier alpha value is -2.92. The predicted molar refractivity (Wildman–Crippen MR) is 103 cm³/mol. The van der Waals surface area contributed by atoms with Crippen LogP contribution in [0.3, 0.4) is 0 Å². The topological polar surface area (TPSA) is 81.4 Å². The van der Waals surface area contributed by atoms with Crippen molar-refractivity contribution >= 4 is 17.3 Å². The summed E-state index contributed by atoms with van der Waals surface area (Å²) in [5.74, 6) is 2.73. The van der Waals surface area contributed by atoms with Gasteiger partial charge >= 0.3 is 0 Å². The fourth-order valence-corrected chi connectivity index (χ4v) is 3.57. The van der Waals surface area contributed by atoms with Crippen LogP contribution < -0.4 is 14.7 Å². The molecule has 27 heavy (non-hydrogen) atoms. The maximum absolute atomic E-state index is 9.28. The van der Waals surface area contributed by atoms with Crippen LogP contribution >= 0.6 is 0 Å². The molecule has 0 bridgehead atoms. The van der Waals surface area contributed by atoms with Crippen LogP contribution in [0.5, 0.6) is 0 Å². The van der Waals surface area contributed by atoms with Gasteiger partial charge in [0, 0.05) is 51.5 Å². The van der Waals surface area contributed by atoms with Crippen molar-refractivity contribution in [1.29, 1.82) is 5.26 Å². The number of hydrogen-bond acceptors (Lipinski definition) is 8. The van der Waals surface area contributed by atoms with Crippen molar-refractivity contribution in [3.05, 3.63) is 35.9 Å². The van der Waals surface area contributed by atoms with Crippen molar-refractivity contribution in [2.75, 3.05) is 67.2 Å². The number of anilines is 3. The molecule has 0 aromatic carbocycles. The molecular formula is C19H23N7O. The molecule has 2 saturated heterocycles. The fraction of sp³-hybridized carbons (Fsp3) is 0.474. The van der Waals surface area contributed by atoms with Gasteiger partial charge in [-0.25, -0.2) is 15.0 Å². The van der Waals surface area contributed by atoms with Gasteiger partial charge in [-0.2, -0.15) is 5.26 Å². The number of rotatable bonds is 3. The van der Waals surface area contributed by atoms with Crippen LogP contribution in [0.4, 0.5) is 17.3 Å². The largest absolute Gasteiger partial charge is 0.378 e. The van der Waals surface area contributed by atoms with E-state index in [-0.39, 0.29) is 0 Å². The Labute approximate surface area is 159 Å². The van der Waals surface area contributed by atoms with Gasteiger partial charge in [-0.15, -0.1) is 0 Å². The van der Waals surface area contributed by atoms with Gasteiger partial charge in [0.1, 0.15) is 23.5 Å². The van der Waals surface area contributed by atoms with E-state index in [0.29, 0.717) is 5.69 Å². The van der Waals surface area contributed by atoms with Crippen molar-refractivity contribution in [3.8, 4) is 6.07 Å². The number of ether oxygens (including phenoxy) is 1. The summed E-state index contributed by atoms with van der Waals surface area (Å²) in [4.78, 5) is 20.2. The highest BCUT2D eigenvalue weighted by Gasteiger charge is 2.22. The lowest BCUT2D eigenvalue weighted by Gasteiger charge is -2.37. The standard InChI is InChI=1S/C19H23N7O/c1-15-22-18(13-19(23-15)26-9-11-27-12-10-26)25-7-5-24(6-8-25)17-3-2-4-21-16(17)14-20/h2-4,13H,5-12H2,1H3. The number of pyridine rings is 1. The van der Waals surface area contributed by atoms with Crippen molar-refractivity contribution in [1.82, 2.24) is 15.0 Å². The maximum atomic E-state index is 9.28. The molecule has 0 spiro atoms. The first-order valence-corrected chi connectivity index (χ1v) is 9.28. The van der Waals surface area contributed by atoms with E-state index in [1.54, 1.807) is 6.20 Å². The Morgan fingerprint density at radius 3 is 2.26 bits per heavy atom. The predicted octanol–water partition coefficient (Wildman–Crippen LogP) is 1.21. The van der Waals surface area contributed by atoms with E-state index in [4.69, 9.17) is 4.74 Å². The van der Waals surface area contributed by atoms with Crippen LogP contribution in [0.15, 0.2) is 24.4 Å². The zero-order chi connectivity index (χ0) is 18.6. The third-order valence-electron chi connectivity index (χ3n) is 4.98. The second kappa shape index (κ2) is 7.76. The van der Waals surface area contributed by atoms with Crippen LogP contribution in [0.1, 0.15) is 11.5 Å². The molecule has 8 nitrogen and oxygen atoms in total. The molecule has 0 amide bonds. The molecule has 0 unspecified atom stereocenters. The Morgan fingerprint density at radius 1 is 0.963 bits per heavy atom. The monoisotopic (exact) mass is 365 g/mol. The van der Waals surface area contributed by atoms with E-state index in [0.717, 1.165) is 75.6 Å². The number of morpholine rings is 1. The summed E-state index contributed by atoms with van der Waals surface area (Å²) in [5.41, 5.74) is 1.39. The summed E-state index contributed by atoms with van der Waals surface area (Å²) < 4.78 is 5.44. The second-order valence-corrected chi connectivity index (χ2v) is 6.69. The van der Waals surface area contributed by atoms with Crippen LogP contribution in [0.25, 0.3) is 0 Å². The van der Waals surface area contributed by atoms with Gasteiger partial charge in [-0.05, 0) is 19.1 Å². The Morgan fingerprint density at radius 2 is 1.59 bits per heavy atom. The van der Waals surface area contributed by atoms with Crippen LogP contribution in [0, 0.1) is 18.3 Å². The smallest absolute Gasteiger partial charge is 0.163 e. The molecular weight excluding hydrogens is 342 g/mol. The van der Waals surface area contributed by atoms with Crippen LogP contribution in [0.2, 0.25) is 0 Å². The number of nitrogens with zero attached hydrogens (tertiary/aromatic N) is 7. The molecule has 0 N–H and O–H groups in total. The summed E-state index contributed by atoms with van der Waals surface area (Å²) >= 11 is 0. The number of hydrogen-bond donors (Lipinski definition) is 0. The zero-order valence-corrected chi connectivity index (χ0v) is 15.5. The molecule has 2 aliphatic rings. The zero-order valence-electron chi connectivity index (χ0n) is 15.5. The lowest BCUT2D eigenvalue weighted by atomic mass is 10.2. The lowest BCUT2D eigenvalue weighted by molar-refractivity contribution is 0.122. The van der Waals surface area contributed by atoms with Gasteiger partial charge in [-0.1, -0.05) is 0 Å². The van der Waals surface area contributed by atoms with Gasteiger partial charge in [0.2, 0.25) is 0 Å². The third kappa shape index (κ3) is 3.78. The minimum atomic E-state index is 0.485. The Kier molecular flexibility index (Phi) is 5.03. The van der Waals surface area contributed by atoms with Crippen molar-refractivity contribution in [2.45, 2.75) is 6.92 Å².